The van der Waals surface area contributed by atoms with Crippen LogP contribution in [0.5, 0.6) is 0 Å². The van der Waals surface area contributed by atoms with Gasteiger partial charge in [-0.2, -0.15) is 0 Å². The van der Waals surface area contributed by atoms with E-state index < -0.39 is 0 Å². The van der Waals surface area contributed by atoms with Crippen molar-refractivity contribution in [2.75, 3.05) is 4.90 Å². The van der Waals surface area contributed by atoms with Crippen molar-refractivity contribution >= 4 is 81.3 Å². The van der Waals surface area contributed by atoms with Crippen LogP contribution in [0.3, 0.4) is 0 Å². The van der Waals surface area contributed by atoms with E-state index in [2.05, 4.69) is 175 Å². The topological polar surface area (TPSA) is 16.4 Å². The molecule has 0 aliphatic heterocycles. The van der Waals surface area contributed by atoms with Gasteiger partial charge >= 0.3 is 0 Å². The molecule has 0 bridgehead atoms. The fraction of sp³-hybridized carbons (Fsp3) is 0. The van der Waals surface area contributed by atoms with Gasteiger partial charge in [0, 0.05) is 31.9 Å². The minimum atomic E-state index is 0.881. The summed E-state index contributed by atoms with van der Waals surface area (Å²) in [4.78, 5) is 2.40. The molecule has 10 aromatic rings. The van der Waals surface area contributed by atoms with Crippen molar-refractivity contribution in [1.29, 1.82) is 0 Å². The summed E-state index contributed by atoms with van der Waals surface area (Å²) in [7, 11) is 0. The third-order valence-electron chi connectivity index (χ3n) is 9.64. The molecular weight excluding hydrogens is 615 g/mol. The molecule has 0 unspecified atom stereocenters. The predicted molar refractivity (Wildman–Crippen MR) is 210 cm³/mol. The van der Waals surface area contributed by atoms with Gasteiger partial charge in [0.25, 0.3) is 0 Å². The molecule has 2 heterocycles. The van der Waals surface area contributed by atoms with Crippen LogP contribution in [0.4, 0.5) is 17.1 Å². The number of anilines is 3. The molecular formula is C46H29NOS. The number of nitrogens with zero attached hydrogens (tertiary/aromatic N) is 1. The summed E-state index contributed by atoms with van der Waals surface area (Å²) < 4.78 is 9.21. The summed E-state index contributed by atoms with van der Waals surface area (Å²) >= 11 is 1.87. The van der Waals surface area contributed by atoms with E-state index in [1.54, 1.807) is 0 Å². The molecule has 49 heavy (non-hydrogen) atoms. The minimum absolute atomic E-state index is 0.881. The number of para-hydroxylation sites is 2. The van der Waals surface area contributed by atoms with Crippen molar-refractivity contribution in [3.8, 4) is 22.3 Å². The van der Waals surface area contributed by atoms with Crippen LogP contribution in [0.25, 0.3) is 75.1 Å². The zero-order valence-corrected chi connectivity index (χ0v) is 27.3. The molecule has 0 fully saturated rings. The van der Waals surface area contributed by atoms with Crippen molar-refractivity contribution < 1.29 is 4.42 Å². The second kappa shape index (κ2) is 11.2. The SMILES string of the molecule is c1ccc(-c2ccc3cc(N(c4cccc5c4oc4ccccc45)c4cccc5c4sc4c(-c6ccccc6)cccc45)ccc3c2)cc1. The number of benzene rings is 8. The number of hydrogen-bond acceptors (Lipinski definition) is 3. The first kappa shape index (κ1) is 27.9. The maximum atomic E-state index is 6.67. The van der Waals surface area contributed by atoms with Crippen molar-refractivity contribution in [2.24, 2.45) is 0 Å². The normalized spacial score (nSPS) is 11.7. The van der Waals surface area contributed by atoms with E-state index in [-0.39, 0.29) is 0 Å². The maximum Gasteiger partial charge on any atom is 0.159 e. The minimum Gasteiger partial charge on any atom is -0.454 e. The molecule has 0 aliphatic rings. The van der Waals surface area contributed by atoms with Gasteiger partial charge in [-0.05, 0) is 69.4 Å². The van der Waals surface area contributed by atoms with Crippen LogP contribution in [0.15, 0.2) is 180 Å². The Morgan fingerprint density at radius 2 is 1.04 bits per heavy atom. The standard InChI is InChI=1S/C46H29NOS/c1-3-12-30(13-4-1)32-24-25-34-29-35(27-26-33(34)28-32)47(41-21-10-18-38-37-16-7-8-23-43(37)48-44(38)41)42-22-11-20-40-39-19-9-17-36(45(39)49-46(40)42)31-14-5-2-6-15-31/h1-29H. The lowest BCUT2D eigenvalue weighted by atomic mass is 10.0. The van der Waals surface area contributed by atoms with E-state index in [0.717, 1.165) is 39.0 Å². The Balaban J connectivity index is 1.23. The van der Waals surface area contributed by atoms with Gasteiger partial charge in [-0.15, -0.1) is 11.3 Å². The lowest BCUT2D eigenvalue weighted by molar-refractivity contribution is 0.669. The van der Waals surface area contributed by atoms with Gasteiger partial charge in [-0.25, -0.2) is 0 Å². The largest absolute Gasteiger partial charge is 0.454 e. The fourth-order valence-electron chi connectivity index (χ4n) is 7.33. The van der Waals surface area contributed by atoms with E-state index in [1.807, 2.05) is 17.4 Å². The zero-order valence-electron chi connectivity index (χ0n) is 26.5. The van der Waals surface area contributed by atoms with Crippen LogP contribution >= 0.6 is 11.3 Å². The maximum absolute atomic E-state index is 6.67. The zero-order chi connectivity index (χ0) is 32.3. The Hall–Kier alpha value is -6.16. The van der Waals surface area contributed by atoms with Crippen LogP contribution in [-0.4, -0.2) is 0 Å². The van der Waals surface area contributed by atoms with E-state index in [1.165, 1.54) is 53.2 Å². The smallest absolute Gasteiger partial charge is 0.159 e. The summed E-state index contributed by atoms with van der Waals surface area (Å²) in [6, 6.07) is 63.1. The molecule has 0 aliphatic carbocycles. The van der Waals surface area contributed by atoms with Crippen molar-refractivity contribution in [3.63, 3.8) is 0 Å². The monoisotopic (exact) mass is 643 g/mol. The highest BCUT2D eigenvalue weighted by Gasteiger charge is 2.23. The summed E-state index contributed by atoms with van der Waals surface area (Å²) in [5.41, 5.74) is 9.93. The van der Waals surface area contributed by atoms with Gasteiger partial charge in [0.05, 0.1) is 16.1 Å². The fourth-order valence-corrected chi connectivity index (χ4v) is 8.66. The van der Waals surface area contributed by atoms with Crippen molar-refractivity contribution in [2.45, 2.75) is 0 Å². The number of hydrogen-bond donors (Lipinski definition) is 0. The van der Waals surface area contributed by atoms with Crippen LogP contribution < -0.4 is 4.90 Å². The summed E-state index contributed by atoms with van der Waals surface area (Å²) in [5.74, 6) is 0. The first-order chi connectivity index (χ1) is 24.3. The van der Waals surface area contributed by atoms with Gasteiger partial charge in [-0.1, -0.05) is 140 Å². The molecule has 0 spiro atoms. The highest BCUT2D eigenvalue weighted by atomic mass is 32.1. The van der Waals surface area contributed by atoms with Crippen LogP contribution in [0.1, 0.15) is 0 Å². The molecule has 230 valence electrons. The van der Waals surface area contributed by atoms with Crippen LogP contribution in [-0.2, 0) is 0 Å². The summed E-state index contributed by atoms with van der Waals surface area (Å²) in [6.07, 6.45) is 0. The van der Waals surface area contributed by atoms with Crippen LogP contribution in [0.2, 0.25) is 0 Å². The second-order valence-electron chi connectivity index (χ2n) is 12.5. The van der Waals surface area contributed by atoms with E-state index in [4.69, 9.17) is 4.42 Å². The lowest BCUT2D eigenvalue weighted by Gasteiger charge is -2.26. The molecule has 10 rings (SSSR count). The highest BCUT2D eigenvalue weighted by Crippen LogP contribution is 2.49. The molecule has 3 heteroatoms. The van der Waals surface area contributed by atoms with Crippen molar-refractivity contribution in [1.82, 2.24) is 0 Å². The summed E-state index contributed by atoms with van der Waals surface area (Å²) in [6.45, 7) is 0. The molecule has 0 N–H and O–H groups in total. The number of thiophene rings is 1. The lowest BCUT2D eigenvalue weighted by Crippen LogP contribution is -2.10. The Morgan fingerprint density at radius 1 is 0.408 bits per heavy atom. The number of furan rings is 1. The Morgan fingerprint density at radius 3 is 1.88 bits per heavy atom. The Kier molecular flexibility index (Phi) is 6.39. The van der Waals surface area contributed by atoms with Gasteiger partial charge in [0.1, 0.15) is 5.58 Å². The van der Waals surface area contributed by atoms with Gasteiger partial charge in [0.2, 0.25) is 0 Å². The van der Waals surface area contributed by atoms with E-state index >= 15 is 0 Å². The molecule has 0 saturated carbocycles. The Bertz CT molecular complexity index is 2830. The van der Waals surface area contributed by atoms with Gasteiger partial charge in [-0.3, -0.25) is 0 Å². The van der Waals surface area contributed by atoms with E-state index in [9.17, 15) is 0 Å². The first-order valence-corrected chi connectivity index (χ1v) is 17.4. The van der Waals surface area contributed by atoms with Crippen LogP contribution in [0, 0.1) is 0 Å². The molecule has 2 aromatic heterocycles. The van der Waals surface area contributed by atoms with Crippen molar-refractivity contribution in [3.05, 3.63) is 176 Å². The van der Waals surface area contributed by atoms with Gasteiger partial charge < -0.3 is 9.32 Å². The molecule has 0 radical (unpaired) electrons. The molecule has 0 atom stereocenters. The number of rotatable bonds is 5. The third kappa shape index (κ3) is 4.55. The average molecular weight is 644 g/mol. The highest BCUT2D eigenvalue weighted by molar-refractivity contribution is 7.27. The molecule has 0 amide bonds. The Labute approximate surface area is 287 Å². The average Bonchev–Trinajstić information content (AvgIpc) is 3.75. The quantitative estimate of drug-likeness (QED) is 0.186. The van der Waals surface area contributed by atoms with E-state index in [0.29, 0.717) is 0 Å². The molecule has 8 aromatic carbocycles. The predicted octanol–water partition coefficient (Wildman–Crippen LogP) is 13.9. The van der Waals surface area contributed by atoms with Gasteiger partial charge in [0.15, 0.2) is 5.58 Å². The summed E-state index contributed by atoms with van der Waals surface area (Å²) in [5, 5.41) is 7.16. The molecule has 2 nitrogen and oxygen atoms in total. The third-order valence-corrected chi connectivity index (χ3v) is 10.9. The number of fused-ring (bicyclic) bond motifs is 7. The molecule has 0 saturated heterocycles. The second-order valence-corrected chi connectivity index (χ2v) is 13.5. The first-order valence-electron chi connectivity index (χ1n) is 16.6.